The van der Waals surface area contributed by atoms with Crippen molar-refractivity contribution in [2.45, 2.75) is 32.0 Å². The number of aromatic nitrogens is 2. The Labute approximate surface area is 113 Å². The molecular weight excluding hydrogens is 298 g/mol. The van der Waals surface area contributed by atoms with Crippen molar-refractivity contribution >= 4 is 27.3 Å². The van der Waals surface area contributed by atoms with Crippen LogP contribution in [0.3, 0.4) is 0 Å². The van der Waals surface area contributed by atoms with Gasteiger partial charge in [0, 0.05) is 23.7 Å². The molecule has 2 aromatic rings. The summed E-state index contributed by atoms with van der Waals surface area (Å²) in [6.07, 6.45) is 4.70. The van der Waals surface area contributed by atoms with Crippen LogP contribution in [0.2, 0.25) is 0 Å². The average molecular weight is 312 g/mol. The van der Waals surface area contributed by atoms with Gasteiger partial charge < -0.3 is 5.32 Å². The lowest BCUT2D eigenvalue weighted by atomic mass is 10.4. The first-order valence-corrected chi connectivity index (χ1v) is 7.40. The van der Waals surface area contributed by atoms with E-state index in [2.05, 4.69) is 50.7 Å². The molecule has 0 spiro atoms. The van der Waals surface area contributed by atoms with Gasteiger partial charge in [0.05, 0.1) is 16.0 Å². The molecule has 0 unspecified atom stereocenters. The molecule has 0 amide bonds. The Kier molecular flexibility index (Phi) is 3.31. The van der Waals surface area contributed by atoms with Crippen molar-refractivity contribution < 1.29 is 0 Å². The maximum absolute atomic E-state index is 4.56. The minimum absolute atomic E-state index is 0.744. The van der Waals surface area contributed by atoms with Crippen LogP contribution in [0.25, 0.3) is 0 Å². The van der Waals surface area contributed by atoms with E-state index in [1.807, 2.05) is 4.68 Å². The van der Waals surface area contributed by atoms with Gasteiger partial charge in [0.15, 0.2) is 0 Å². The molecule has 17 heavy (non-hydrogen) atoms. The topological polar surface area (TPSA) is 29.9 Å². The fraction of sp³-hybridized carbons (Fsp3) is 0.417. The van der Waals surface area contributed by atoms with Gasteiger partial charge in [-0.3, -0.25) is 4.68 Å². The van der Waals surface area contributed by atoms with Gasteiger partial charge in [0.1, 0.15) is 0 Å². The van der Waals surface area contributed by atoms with Crippen molar-refractivity contribution in [3.05, 3.63) is 38.8 Å². The van der Waals surface area contributed by atoms with Gasteiger partial charge in [-0.05, 0) is 47.0 Å². The highest BCUT2D eigenvalue weighted by Crippen LogP contribution is 2.22. The smallest absolute Gasteiger partial charge is 0.0762 e. The van der Waals surface area contributed by atoms with Crippen LogP contribution >= 0.6 is 27.3 Å². The van der Waals surface area contributed by atoms with Gasteiger partial charge in [-0.15, -0.1) is 11.3 Å². The highest BCUT2D eigenvalue weighted by molar-refractivity contribution is 9.11. The van der Waals surface area contributed by atoms with Crippen LogP contribution in [0.15, 0.2) is 28.2 Å². The number of hydrogen-bond acceptors (Lipinski definition) is 3. The molecule has 1 saturated carbocycles. The van der Waals surface area contributed by atoms with Crippen molar-refractivity contribution in [2.75, 3.05) is 0 Å². The third kappa shape index (κ3) is 3.18. The molecule has 1 N–H and O–H groups in total. The van der Waals surface area contributed by atoms with Crippen molar-refractivity contribution in [2.24, 2.45) is 0 Å². The second-order valence-electron chi connectivity index (χ2n) is 4.37. The zero-order valence-corrected chi connectivity index (χ0v) is 11.8. The lowest BCUT2D eigenvalue weighted by molar-refractivity contribution is 0.634. The number of rotatable bonds is 5. The second kappa shape index (κ2) is 4.92. The molecule has 3 rings (SSSR count). The molecule has 0 aliphatic heterocycles. The molecule has 1 fully saturated rings. The molecule has 1 aliphatic carbocycles. The van der Waals surface area contributed by atoms with E-state index in [1.165, 1.54) is 21.5 Å². The van der Waals surface area contributed by atoms with Crippen molar-refractivity contribution in [3.63, 3.8) is 0 Å². The lowest BCUT2D eigenvalue weighted by Crippen LogP contribution is -2.15. The maximum Gasteiger partial charge on any atom is 0.0762 e. The van der Waals surface area contributed by atoms with Crippen LogP contribution in [0.1, 0.15) is 23.4 Å². The van der Waals surface area contributed by atoms with E-state index in [0.717, 1.165) is 24.8 Å². The Morgan fingerprint density at radius 2 is 2.29 bits per heavy atom. The molecular formula is C12H14BrN3S. The van der Waals surface area contributed by atoms with E-state index < -0.39 is 0 Å². The Bertz CT molecular complexity index is 501. The van der Waals surface area contributed by atoms with E-state index in [1.54, 1.807) is 11.3 Å². The summed E-state index contributed by atoms with van der Waals surface area (Å²) in [4.78, 5) is 1.32. The highest BCUT2D eigenvalue weighted by Gasteiger charge is 2.20. The SMILES string of the molecule is Brc1ccc(Cn2ccc(CNC3CC3)n2)s1. The number of hydrogen-bond donors (Lipinski definition) is 1. The number of nitrogens with one attached hydrogen (secondary N) is 1. The fourth-order valence-corrected chi connectivity index (χ4v) is 3.19. The van der Waals surface area contributed by atoms with E-state index in [9.17, 15) is 0 Å². The van der Waals surface area contributed by atoms with Crippen LogP contribution in [0.4, 0.5) is 0 Å². The summed E-state index contributed by atoms with van der Waals surface area (Å²) < 4.78 is 3.18. The molecule has 2 heterocycles. The van der Waals surface area contributed by atoms with Gasteiger partial charge >= 0.3 is 0 Å². The van der Waals surface area contributed by atoms with E-state index in [-0.39, 0.29) is 0 Å². The predicted molar refractivity (Wildman–Crippen MR) is 73.2 cm³/mol. The number of thiophene rings is 1. The van der Waals surface area contributed by atoms with E-state index in [0.29, 0.717) is 0 Å². The molecule has 90 valence electrons. The second-order valence-corrected chi connectivity index (χ2v) is 6.91. The molecule has 1 aliphatic rings. The van der Waals surface area contributed by atoms with Gasteiger partial charge in [-0.1, -0.05) is 0 Å². The zero-order valence-electron chi connectivity index (χ0n) is 9.40. The van der Waals surface area contributed by atoms with Crippen LogP contribution in [-0.2, 0) is 13.1 Å². The summed E-state index contributed by atoms with van der Waals surface area (Å²) in [6, 6.07) is 7.06. The van der Waals surface area contributed by atoms with Crippen LogP contribution in [-0.4, -0.2) is 15.8 Å². The largest absolute Gasteiger partial charge is 0.308 e. The average Bonchev–Trinajstić information content (AvgIpc) is 2.90. The summed E-state index contributed by atoms with van der Waals surface area (Å²) >= 11 is 5.24. The van der Waals surface area contributed by atoms with Crippen LogP contribution < -0.4 is 5.32 Å². The molecule has 3 nitrogen and oxygen atoms in total. The zero-order chi connectivity index (χ0) is 11.7. The Hall–Kier alpha value is -0.650. The van der Waals surface area contributed by atoms with Gasteiger partial charge in [0.2, 0.25) is 0 Å². The van der Waals surface area contributed by atoms with Crippen molar-refractivity contribution in [1.29, 1.82) is 0 Å². The van der Waals surface area contributed by atoms with Gasteiger partial charge in [-0.25, -0.2) is 0 Å². The first kappa shape index (κ1) is 11.4. The molecule has 5 heteroatoms. The summed E-state index contributed by atoms with van der Waals surface area (Å²) in [5.41, 5.74) is 1.13. The standard InChI is InChI=1S/C12H14BrN3S/c13-12-4-3-11(17-12)8-16-6-5-10(15-16)7-14-9-1-2-9/h3-6,9,14H,1-2,7-8H2. The van der Waals surface area contributed by atoms with E-state index in [4.69, 9.17) is 0 Å². The lowest BCUT2D eigenvalue weighted by Gasteiger charge is -1.99. The molecule has 2 aromatic heterocycles. The minimum Gasteiger partial charge on any atom is -0.308 e. The predicted octanol–water partition coefficient (Wildman–Crippen LogP) is 3.01. The number of halogens is 1. The summed E-state index contributed by atoms with van der Waals surface area (Å²) in [6.45, 7) is 1.76. The van der Waals surface area contributed by atoms with E-state index >= 15 is 0 Å². The van der Waals surface area contributed by atoms with Gasteiger partial charge in [-0.2, -0.15) is 5.10 Å². The third-order valence-corrected chi connectivity index (χ3v) is 4.40. The highest BCUT2D eigenvalue weighted by atomic mass is 79.9. The summed E-state index contributed by atoms with van der Waals surface area (Å²) in [7, 11) is 0. The molecule has 0 bridgehead atoms. The normalized spacial score (nSPS) is 15.4. The van der Waals surface area contributed by atoms with Gasteiger partial charge in [0.25, 0.3) is 0 Å². The molecule has 0 aromatic carbocycles. The first-order valence-electron chi connectivity index (χ1n) is 5.79. The number of nitrogens with zero attached hydrogens (tertiary/aromatic N) is 2. The van der Waals surface area contributed by atoms with Crippen LogP contribution in [0, 0.1) is 0 Å². The molecule has 0 radical (unpaired) electrons. The fourth-order valence-electron chi connectivity index (χ4n) is 1.72. The molecule has 0 atom stereocenters. The quantitative estimate of drug-likeness (QED) is 0.920. The Morgan fingerprint density at radius 3 is 3.00 bits per heavy atom. The maximum atomic E-state index is 4.56. The van der Waals surface area contributed by atoms with Crippen LogP contribution in [0.5, 0.6) is 0 Å². The minimum atomic E-state index is 0.744. The third-order valence-electron chi connectivity index (χ3n) is 2.79. The summed E-state index contributed by atoms with van der Waals surface area (Å²) in [5.74, 6) is 0. The first-order chi connectivity index (χ1) is 8.29. The monoisotopic (exact) mass is 311 g/mol. The van der Waals surface area contributed by atoms with Crippen molar-refractivity contribution in [3.8, 4) is 0 Å². The Morgan fingerprint density at radius 1 is 1.41 bits per heavy atom. The molecule has 0 saturated heterocycles. The van der Waals surface area contributed by atoms with Crippen molar-refractivity contribution in [1.82, 2.24) is 15.1 Å². The summed E-state index contributed by atoms with van der Waals surface area (Å²) in [5, 5.41) is 8.03. The Balaban J connectivity index is 1.59.